The van der Waals surface area contributed by atoms with Crippen LogP contribution in [0.15, 0.2) is 42.6 Å². The third-order valence-corrected chi connectivity index (χ3v) is 3.35. The number of rotatable bonds is 4. The van der Waals surface area contributed by atoms with Crippen molar-refractivity contribution in [3.8, 4) is 23.0 Å². The second-order valence-corrected chi connectivity index (χ2v) is 4.82. The molecular formula is C16H12BrFN2O5. The molecule has 0 saturated heterocycles. The molecule has 25 heavy (non-hydrogen) atoms. The average molecular weight is 411 g/mol. The number of halogens is 2. The molecule has 1 aromatic heterocycles. The van der Waals surface area contributed by atoms with E-state index < -0.39 is 10.7 Å². The summed E-state index contributed by atoms with van der Waals surface area (Å²) in [5.74, 6) is -0.633. The Balaban J connectivity index is 0.00000225. The van der Waals surface area contributed by atoms with Crippen LogP contribution in [-0.4, -0.2) is 22.1 Å². The molecule has 9 heteroatoms. The first kappa shape index (κ1) is 18.4. The van der Waals surface area contributed by atoms with Gasteiger partial charge in [-0.15, -0.1) is 17.0 Å². The van der Waals surface area contributed by atoms with Gasteiger partial charge in [0.2, 0.25) is 0 Å². The first-order valence-corrected chi connectivity index (χ1v) is 6.77. The van der Waals surface area contributed by atoms with Crippen LogP contribution in [0.25, 0.3) is 10.9 Å². The number of ether oxygens (including phenoxy) is 2. The lowest BCUT2D eigenvalue weighted by atomic mass is 10.2. The Morgan fingerprint density at radius 2 is 1.92 bits per heavy atom. The van der Waals surface area contributed by atoms with Gasteiger partial charge in [-0.05, 0) is 18.2 Å². The fourth-order valence-electron chi connectivity index (χ4n) is 2.19. The molecule has 0 fully saturated rings. The van der Waals surface area contributed by atoms with E-state index in [2.05, 4.69) is 4.98 Å². The van der Waals surface area contributed by atoms with Gasteiger partial charge < -0.3 is 14.6 Å². The molecule has 7 nitrogen and oxygen atoms in total. The van der Waals surface area contributed by atoms with Crippen molar-refractivity contribution in [2.75, 3.05) is 7.11 Å². The van der Waals surface area contributed by atoms with Gasteiger partial charge in [0.05, 0.1) is 23.6 Å². The second kappa shape index (κ2) is 7.31. The molecule has 0 bridgehead atoms. The maximum Gasteiger partial charge on any atom is 0.272 e. The van der Waals surface area contributed by atoms with Crippen LogP contribution in [0.1, 0.15) is 0 Å². The Labute approximate surface area is 151 Å². The summed E-state index contributed by atoms with van der Waals surface area (Å²) in [6.45, 7) is 0. The zero-order valence-electron chi connectivity index (χ0n) is 12.8. The van der Waals surface area contributed by atoms with E-state index in [1.807, 2.05) is 0 Å². The number of phenols is 1. The first-order chi connectivity index (χ1) is 11.5. The van der Waals surface area contributed by atoms with E-state index in [1.165, 1.54) is 37.6 Å². The van der Waals surface area contributed by atoms with E-state index in [-0.39, 0.29) is 45.7 Å². The van der Waals surface area contributed by atoms with Crippen LogP contribution in [0.3, 0.4) is 0 Å². The lowest BCUT2D eigenvalue weighted by Gasteiger charge is -2.11. The van der Waals surface area contributed by atoms with Gasteiger partial charge in [-0.2, -0.15) is 0 Å². The number of hydrogen-bond acceptors (Lipinski definition) is 6. The molecule has 3 aromatic rings. The van der Waals surface area contributed by atoms with Crippen LogP contribution < -0.4 is 9.47 Å². The Kier molecular flexibility index (Phi) is 5.38. The number of aromatic nitrogens is 1. The molecule has 0 aliphatic rings. The van der Waals surface area contributed by atoms with E-state index in [1.54, 1.807) is 0 Å². The van der Waals surface area contributed by atoms with Gasteiger partial charge in [0.15, 0.2) is 23.1 Å². The smallest absolute Gasteiger partial charge is 0.272 e. The number of nitro benzene ring substituents is 1. The van der Waals surface area contributed by atoms with Gasteiger partial charge >= 0.3 is 0 Å². The molecule has 0 unspecified atom stereocenters. The molecule has 0 saturated carbocycles. The maximum absolute atomic E-state index is 14.0. The van der Waals surface area contributed by atoms with Crippen LogP contribution in [0, 0.1) is 15.9 Å². The molecule has 3 rings (SSSR count). The second-order valence-electron chi connectivity index (χ2n) is 4.82. The summed E-state index contributed by atoms with van der Waals surface area (Å²) in [4.78, 5) is 14.1. The minimum atomic E-state index is -0.861. The topological polar surface area (TPSA) is 94.7 Å². The Hall–Kier alpha value is -2.94. The zero-order chi connectivity index (χ0) is 17.3. The summed E-state index contributed by atoms with van der Waals surface area (Å²) in [6, 6.07) is 7.53. The molecule has 1 N–H and O–H groups in total. The molecule has 0 amide bonds. The van der Waals surface area contributed by atoms with Crippen molar-refractivity contribution >= 4 is 33.6 Å². The first-order valence-electron chi connectivity index (χ1n) is 6.77. The highest BCUT2D eigenvalue weighted by Gasteiger charge is 2.15. The normalized spacial score (nSPS) is 10.2. The number of non-ortho nitro benzene ring substituents is 1. The number of fused-ring (bicyclic) bond motifs is 1. The van der Waals surface area contributed by atoms with Crippen molar-refractivity contribution in [2.24, 2.45) is 0 Å². The van der Waals surface area contributed by atoms with Crippen molar-refractivity contribution in [1.29, 1.82) is 0 Å². The largest absolute Gasteiger partial charge is 0.504 e. The van der Waals surface area contributed by atoms with Gasteiger partial charge in [0.1, 0.15) is 5.75 Å². The van der Waals surface area contributed by atoms with Crippen molar-refractivity contribution in [3.63, 3.8) is 0 Å². The number of methoxy groups -OCH3 is 1. The van der Waals surface area contributed by atoms with Gasteiger partial charge in [-0.1, -0.05) is 0 Å². The number of nitro groups is 1. The lowest BCUT2D eigenvalue weighted by molar-refractivity contribution is -0.385. The number of phenolic OH excluding ortho intramolecular Hbond substituents is 1. The highest BCUT2D eigenvalue weighted by atomic mass is 79.9. The van der Waals surface area contributed by atoms with E-state index >= 15 is 0 Å². The minimum Gasteiger partial charge on any atom is -0.504 e. The van der Waals surface area contributed by atoms with E-state index in [0.29, 0.717) is 10.9 Å². The third kappa shape index (κ3) is 3.61. The standard InChI is InChI=1S/C16H11FN2O5.BrH/c1-23-16-7-10-12(8-13(16)20)18-5-4-14(10)24-15-3-2-9(19(21)22)6-11(15)17;/h2-8,20H,1H3;1H. The summed E-state index contributed by atoms with van der Waals surface area (Å²) in [6.07, 6.45) is 1.44. The number of pyridine rings is 1. The van der Waals surface area contributed by atoms with Crippen molar-refractivity contribution in [2.45, 2.75) is 0 Å². The maximum atomic E-state index is 14.0. The number of nitrogens with zero attached hydrogens (tertiary/aromatic N) is 2. The van der Waals surface area contributed by atoms with Crippen LogP contribution in [-0.2, 0) is 0 Å². The van der Waals surface area contributed by atoms with Crippen LogP contribution >= 0.6 is 17.0 Å². The molecule has 0 radical (unpaired) electrons. The van der Waals surface area contributed by atoms with E-state index in [0.717, 1.165) is 12.1 Å². The Morgan fingerprint density at radius 3 is 2.56 bits per heavy atom. The monoisotopic (exact) mass is 410 g/mol. The highest BCUT2D eigenvalue weighted by Crippen LogP contribution is 2.37. The number of benzene rings is 2. The number of aromatic hydroxyl groups is 1. The summed E-state index contributed by atoms with van der Waals surface area (Å²) in [5.41, 5.74) is 0.0548. The van der Waals surface area contributed by atoms with Crippen molar-refractivity contribution in [3.05, 3.63) is 58.5 Å². The molecular weight excluding hydrogens is 399 g/mol. The van der Waals surface area contributed by atoms with E-state index in [4.69, 9.17) is 9.47 Å². The predicted octanol–water partition coefficient (Wildman–Crippen LogP) is 4.37. The van der Waals surface area contributed by atoms with Crippen molar-refractivity contribution in [1.82, 2.24) is 4.98 Å². The molecule has 0 aliphatic heterocycles. The van der Waals surface area contributed by atoms with Crippen LogP contribution in [0.5, 0.6) is 23.0 Å². The molecule has 1 heterocycles. The third-order valence-electron chi connectivity index (χ3n) is 3.35. The summed E-state index contributed by atoms with van der Waals surface area (Å²) in [5, 5.41) is 20.9. The highest BCUT2D eigenvalue weighted by molar-refractivity contribution is 8.93. The van der Waals surface area contributed by atoms with Crippen LogP contribution in [0.2, 0.25) is 0 Å². The molecule has 2 aromatic carbocycles. The molecule has 0 spiro atoms. The fourth-order valence-corrected chi connectivity index (χ4v) is 2.19. The van der Waals surface area contributed by atoms with Gasteiger partial charge in [-0.3, -0.25) is 15.1 Å². The fraction of sp³-hybridized carbons (Fsp3) is 0.0625. The summed E-state index contributed by atoms with van der Waals surface area (Å²) >= 11 is 0. The van der Waals surface area contributed by atoms with Gasteiger partial charge in [-0.25, -0.2) is 4.39 Å². The quantitative estimate of drug-likeness (QED) is 0.506. The Morgan fingerprint density at radius 1 is 1.16 bits per heavy atom. The van der Waals surface area contributed by atoms with E-state index in [9.17, 15) is 19.6 Å². The minimum absolute atomic E-state index is 0. The van der Waals surface area contributed by atoms with Crippen LogP contribution in [0.4, 0.5) is 10.1 Å². The molecule has 0 atom stereocenters. The Bertz CT molecular complexity index is 951. The summed E-state index contributed by atoms with van der Waals surface area (Å²) < 4.78 is 24.6. The SMILES string of the molecule is Br.COc1cc2c(Oc3ccc([N+](=O)[O-])cc3F)ccnc2cc1O. The average Bonchev–Trinajstić information content (AvgIpc) is 2.56. The summed E-state index contributed by atoms with van der Waals surface area (Å²) in [7, 11) is 1.40. The lowest BCUT2D eigenvalue weighted by Crippen LogP contribution is -1.94. The van der Waals surface area contributed by atoms with Gasteiger partial charge in [0.25, 0.3) is 5.69 Å². The van der Waals surface area contributed by atoms with Crippen molar-refractivity contribution < 1.29 is 23.9 Å². The zero-order valence-corrected chi connectivity index (χ0v) is 14.5. The molecule has 0 aliphatic carbocycles. The van der Waals surface area contributed by atoms with Gasteiger partial charge in [0, 0.05) is 23.7 Å². The number of hydrogen-bond donors (Lipinski definition) is 1. The molecule has 130 valence electrons. The predicted molar refractivity (Wildman–Crippen MR) is 93.4 cm³/mol.